The van der Waals surface area contributed by atoms with E-state index < -0.39 is 0 Å². The normalized spacial score (nSPS) is 25.2. The van der Waals surface area contributed by atoms with Crippen molar-refractivity contribution in [1.82, 2.24) is 15.5 Å². The fourth-order valence-electron chi connectivity index (χ4n) is 3.04. The zero-order valence-electron chi connectivity index (χ0n) is 11.2. The predicted octanol–water partition coefficient (Wildman–Crippen LogP) is 2.41. The molecule has 1 saturated heterocycles. The van der Waals surface area contributed by atoms with Crippen molar-refractivity contribution in [1.29, 1.82) is 0 Å². The molecule has 4 rings (SSSR count). The molecular formula is C15H17N3O2. The van der Waals surface area contributed by atoms with E-state index in [1.54, 1.807) is 0 Å². The molecule has 104 valence electrons. The number of hydrogen-bond donors (Lipinski definition) is 1. The molecule has 2 atom stereocenters. The molecule has 0 aliphatic carbocycles. The van der Waals surface area contributed by atoms with Gasteiger partial charge in [0.25, 0.3) is 0 Å². The largest absolute Gasteiger partial charge is 0.493 e. The van der Waals surface area contributed by atoms with Crippen molar-refractivity contribution >= 4 is 0 Å². The Kier molecular flexibility index (Phi) is 2.92. The van der Waals surface area contributed by atoms with E-state index in [1.165, 1.54) is 6.42 Å². The molecular weight excluding hydrogens is 254 g/mol. The lowest BCUT2D eigenvalue weighted by atomic mass is 9.92. The lowest BCUT2D eigenvalue weighted by molar-refractivity contribution is 0.271. The summed E-state index contributed by atoms with van der Waals surface area (Å²) in [6.07, 6.45) is 3.14. The second-order valence-electron chi connectivity index (χ2n) is 5.37. The average molecular weight is 271 g/mol. The molecule has 5 nitrogen and oxygen atoms in total. The lowest BCUT2D eigenvalue weighted by Crippen LogP contribution is -2.17. The second-order valence-corrected chi connectivity index (χ2v) is 5.37. The summed E-state index contributed by atoms with van der Waals surface area (Å²) >= 11 is 0. The zero-order valence-corrected chi connectivity index (χ0v) is 11.2. The zero-order chi connectivity index (χ0) is 13.4. The predicted molar refractivity (Wildman–Crippen MR) is 72.7 cm³/mol. The Bertz CT molecular complexity index is 605. The summed E-state index contributed by atoms with van der Waals surface area (Å²) in [7, 11) is 0. The smallest absolute Gasteiger partial charge is 0.243 e. The Morgan fingerprint density at radius 1 is 1.20 bits per heavy atom. The highest BCUT2D eigenvalue weighted by Crippen LogP contribution is 2.37. The van der Waals surface area contributed by atoms with Crippen LogP contribution in [0.3, 0.4) is 0 Å². The van der Waals surface area contributed by atoms with E-state index in [1.807, 2.05) is 18.2 Å². The number of aromatic nitrogens is 2. The first kappa shape index (κ1) is 11.9. The van der Waals surface area contributed by atoms with Crippen LogP contribution in [0.4, 0.5) is 0 Å². The fraction of sp³-hybridized carbons (Fsp3) is 0.467. The van der Waals surface area contributed by atoms with Gasteiger partial charge in [0.2, 0.25) is 5.89 Å². The molecule has 0 spiro atoms. The minimum atomic E-state index is 0.179. The van der Waals surface area contributed by atoms with Gasteiger partial charge in [-0.1, -0.05) is 23.4 Å². The van der Waals surface area contributed by atoms with Gasteiger partial charge in [-0.05, 0) is 31.9 Å². The number of ether oxygens (including phenoxy) is 1. The van der Waals surface area contributed by atoms with Gasteiger partial charge in [0.05, 0.1) is 18.6 Å². The number of para-hydroxylation sites is 1. The van der Waals surface area contributed by atoms with Crippen LogP contribution in [0.15, 0.2) is 28.8 Å². The van der Waals surface area contributed by atoms with E-state index >= 15 is 0 Å². The van der Waals surface area contributed by atoms with E-state index in [-0.39, 0.29) is 12.0 Å². The van der Waals surface area contributed by atoms with Gasteiger partial charge in [0.1, 0.15) is 5.75 Å². The minimum absolute atomic E-state index is 0.179. The Morgan fingerprint density at radius 3 is 3.05 bits per heavy atom. The third kappa shape index (κ3) is 1.98. The molecule has 2 aliphatic rings. The molecule has 1 aromatic carbocycles. The van der Waals surface area contributed by atoms with Crippen LogP contribution in [0.1, 0.15) is 48.5 Å². The minimum Gasteiger partial charge on any atom is -0.493 e. The number of nitrogens with one attached hydrogen (secondary N) is 1. The van der Waals surface area contributed by atoms with Crippen molar-refractivity contribution < 1.29 is 9.26 Å². The standard InChI is InChI=1S/C15H17N3O2/c1-2-6-13-10(4-1)11(7-9-19-13)14-17-15(20-18-14)12-5-3-8-16-12/h1-2,4,6,11-12,16H,3,5,7-9H2. The molecule has 5 heteroatoms. The summed E-state index contributed by atoms with van der Waals surface area (Å²) in [5.41, 5.74) is 1.16. The highest BCUT2D eigenvalue weighted by atomic mass is 16.5. The van der Waals surface area contributed by atoms with Crippen molar-refractivity contribution in [2.24, 2.45) is 0 Å². The van der Waals surface area contributed by atoms with Gasteiger partial charge in [-0.15, -0.1) is 0 Å². The second kappa shape index (κ2) is 4.90. The van der Waals surface area contributed by atoms with Gasteiger partial charge >= 0.3 is 0 Å². The Balaban J connectivity index is 1.65. The maximum absolute atomic E-state index is 5.68. The highest BCUT2D eigenvalue weighted by molar-refractivity contribution is 5.40. The van der Waals surface area contributed by atoms with Crippen LogP contribution >= 0.6 is 0 Å². The van der Waals surface area contributed by atoms with Crippen LogP contribution in [-0.2, 0) is 0 Å². The molecule has 0 saturated carbocycles. The van der Waals surface area contributed by atoms with Crippen molar-refractivity contribution in [3.05, 3.63) is 41.5 Å². The van der Waals surface area contributed by atoms with E-state index in [0.29, 0.717) is 6.61 Å². The first-order chi connectivity index (χ1) is 9.92. The molecule has 2 unspecified atom stereocenters. The molecule has 3 heterocycles. The molecule has 0 radical (unpaired) electrons. The van der Waals surface area contributed by atoms with Gasteiger partial charge in [-0.25, -0.2) is 0 Å². The molecule has 0 amide bonds. The summed E-state index contributed by atoms with van der Waals surface area (Å²) in [6.45, 7) is 1.73. The molecule has 2 aliphatic heterocycles. The van der Waals surface area contributed by atoms with Crippen LogP contribution in [0, 0.1) is 0 Å². The number of fused-ring (bicyclic) bond motifs is 1. The number of rotatable bonds is 2. The fourth-order valence-corrected chi connectivity index (χ4v) is 3.04. The quantitative estimate of drug-likeness (QED) is 0.909. The van der Waals surface area contributed by atoms with Crippen molar-refractivity contribution in [3.63, 3.8) is 0 Å². The van der Waals surface area contributed by atoms with E-state index in [9.17, 15) is 0 Å². The molecule has 1 N–H and O–H groups in total. The van der Waals surface area contributed by atoms with Crippen LogP contribution in [0.5, 0.6) is 5.75 Å². The maximum Gasteiger partial charge on any atom is 0.243 e. The van der Waals surface area contributed by atoms with Crippen LogP contribution in [-0.4, -0.2) is 23.3 Å². The number of hydrogen-bond acceptors (Lipinski definition) is 5. The van der Waals surface area contributed by atoms with Gasteiger partial charge in [0, 0.05) is 5.56 Å². The molecule has 2 aromatic rings. The van der Waals surface area contributed by atoms with E-state index in [0.717, 1.165) is 42.4 Å². The Hall–Kier alpha value is -1.88. The van der Waals surface area contributed by atoms with Gasteiger partial charge in [-0.2, -0.15) is 4.98 Å². The van der Waals surface area contributed by atoms with E-state index in [2.05, 4.69) is 21.5 Å². The first-order valence-corrected chi connectivity index (χ1v) is 7.20. The number of nitrogens with zero attached hydrogens (tertiary/aromatic N) is 2. The third-order valence-corrected chi connectivity index (χ3v) is 4.09. The molecule has 1 aromatic heterocycles. The van der Waals surface area contributed by atoms with Crippen molar-refractivity contribution in [2.45, 2.75) is 31.2 Å². The van der Waals surface area contributed by atoms with Crippen molar-refractivity contribution in [2.75, 3.05) is 13.2 Å². The van der Waals surface area contributed by atoms with Crippen LogP contribution in [0.2, 0.25) is 0 Å². The van der Waals surface area contributed by atoms with Crippen LogP contribution < -0.4 is 10.1 Å². The average Bonchev–Trinajstić information content (AvgIpc) is 3.17. The van der Waals surface area contributed by atoms with Gasteiger partial charge in [0.15, 0.2) is 5.82 Å². The summed E-state index contributed by atoms with van der Waals surface area (Å²) in [6, 6.07) is 8.33. The monoisotopic (exact) mass is 271 g/mol. The summed E-state index contributed by atoms with van der Waals surface area (Å²) in [4.78, 5) is 4.62. The lowest BCUT2D eigenvalue weighted by Gasteiger charge is -2.23. The Labute approximate surface area is 117 Å². The van der Waals surface area contributed by atoms with Crippen molar-refractivity contribution in [3.8, 4) is 5.75 Å². The summed E-state index contributed by atoms with van der Waals surface area (Å²) in [5, 5.41) is 7.59. The third-order valence-electron chi connectivity index (χ3n) is 4.09. The maximum atomic E-state index is 5.68. The first-order valence-electron chi connectivity index (χ1n) is 7.20. The topological polar surface area (TPSA) is 60.2 Å². The number of benzene rings is 1. The Morgan fingerprint density at radius 2 is 2.15 bits per heavy atom. The highest BCUT2D eigenvalue weighted by Gasteiger charge is 2.29. The van der Waals surface area contributed by atoms with Gasteiger partial charge in [-0.3, -0.25) is 0 Å². The molecule has 20 heavy (non-hydrogen) atoms. The van der Waals surface area contributed by atoms with E-state index in [4.69, 9.17) is 9.26 Å². The molecule has 0 bridgehead atoms. The van der Waals surface area contributed by atoms with Gasteiger partial charge < -0.3 is 14.6 Å². The molecule has 1 fully saturated rings. The summed E-state index contributed by atoms with van der Waals surface area (Å²) < 4.78 is 11.1. The summed E-state index contributed by atoms with van der Waals surface area (Å²) in [5.74, 6) is 2.62. The van der Waals surface area contributed by atoms with Crippen LogP contribution in [0.25, 0.3) is 0 Å². The SMILES string of the molecule is c1ccc2c(c1)OCCC2c1noc(C2CCCN2)n1.